The van der Waals surface area contributed by atoms with Crippen LogP contribution < -0.4 is 4.74 Å². The van der Waals surface area contributed by atoms with Gasteiger partial charge in [0.2, 0.25) is 5.91 Å². The first-order valence-corrected chi connectivity index (χ1v) is 10.3. The highest BCUT2D eigenvalue weighted by Gasteiger charge is 2.43. The van der Waals surface area contributed by atoms with Crippen molar-refractivity contribution in [3.05, 3.63) is 69.8 Å². The molecule has 2 aromatic carbocycles. The Bertz CT molecular complexity index is 1000. The number of ketones is 1. The molecule has 5 heteroatoms. The highest BCUT2D eigenvalue weighted by atomic mass is 35.5. The number of aryl methyl sites for hydroxylation is 2. The molecule has 1 amide bonds. The SMILES string of the molecule is Cc1cc2c(cc1C)C(=O)CC1(CCN(C(=O)/C=C/c3ccccc3Cl)CC1)O2. The molecule has 150 valence electrons. The second kappa shape index (κ2) is 7.68. The maximum Gasteiger partial charge on any atom is 0.246 e. The molecule has 2 heterocycles. The first-order valence-electron chi connectivity index (χ1n) is 9.92. The van der Waals surface area contributed by atoms with E-state index < -0.39 is 5.60 Å². The van der Waals surface area contributed by atoms with E-state index in [1.807, 2.05) is 49.1 Å². The van der Waals surface area contributed by atoms with Gasteiger partial charge in [-0.05, 0) is 54.8 Å². The number of carbonyl (C=O) groups excluding carboxylic acids is 2. The lowest BCUT2D eigenvalue weighted by molar-refractivity contribution is -0.129. The minimum absolute atomic E-state index is 0.0474. The zero-order valence-corrected chi connectivity index (χ0v) is 17.5. The molecule has 0 atom stereocenters. The lowest BCUT2D eigenvalue weighted by atomic mass is 9.82. The molecule has 0 aromatic heterocycles. The van der Waals surface area contributed by atoms with E-state index in [-0.39, 0.29) is 11.7 Å². The molecule has 0 unspecified atom stereocenters. The number of piperidine rings is 1. The molecule has 0 bridgehead atoms. The van der Waals surface area contributed by atoms with E-state index in [4.69, 9.17) is 16.3 Å². The Morgan fingerprint density at radius 2 is 1.83 bits per heavy atom. The van der Waals surface area contributed by atoms with Crippen LogP contribution in [0.15, 0.2) is 42.5 Å². The number of hydrogen-bond donors (Lipinski definition) is 0. The van der Waals surface area contributed by atoms with E-state index in [1.165, 1.54) is 0 Å². The molecule has 4 nitrogen and oxygen atoms in total. The predicted molar refractivity (Wildman–Crippen MR) is 115 cm³/mol. The minimum atomic E-state index is -0.505. The molecule has 2 aromatic rings. The van der Waals surface area contributed by atoms with Gasteiger partial charge in [0.05, 0.1) is 12.0 Å². The normalized spacial score (nSPS) is 18.0. The van der Waals surface area contributed by atoms with Crippen LogP contribution in [0.4, 0.5) is 0 Å². The van der Waals surface area contributed by atoms with Crippen LogP contribution in [0.5, 0.6) is 5.75 Å². The van der Waals surface area contributed by atoms with Crippen molar-refractivity contribution in [1.82, 2.24) is 4.90 Å². The Hall–Kier alpha value is -2.59. The van der Waals surface area contributed by atoms with Crippen LogP contribution in [0.3, 0.4) is 0 Å². The predicted octanol–water partition coefficient (Wildman–Crippen LogP) is 5.00. The number of halogens is 1. The lowest BCUT2D eigenvalue weighted by Gasteiger charge is -2.44. The second-order valence-corrected chi connectivity index (χ2v) is 8.40. The zero-order valence-electron chi connectivity index (χ0n) is 16.7. The molecule has 29 heavy (non-hydrogen) atoms. The number of nitrogens with zero attached hydrogens (tertiary/aromatic N) is 1. The van der Waals surface area contributed by atoms with Gasteiger partial charge in [0.1, 0.15) is 11.4 Å². The van der Waals surface area contributed by atoms with Gasteiger partial charge in [-0.3, -0.25) is 9.59 Å². The van der Waals surface area contributed by atoms with Crippen molar-refractivity contribution in [3.63, 3.8) is 0 Å². The van der Waals surface area contributed by atoms with Crippen LogP contribution in [0.2, 0.25) is 5.02 Å². The van der Waals surface area contributed by atoms with E-state index in [9.17, 15) is 9.59 Å². The lowest BCUT2D eigenvalue weighted by Crippen LogP contribution is -2.52. The second-order valence-electron chi connectivity index (χ2n) is 8.00. The smallest absolute Gasteiger partial charge is 0.246 e. The summed E-state index contributed by atoms with van der Waals surface area (Å²) in [5.74, 6) is 0.768. The van der Waals surface area contributed by atoms with Crippen LogP contribution in [-0.2, 0) is 4.79 Å². The number of carbonyl (C=O) groups is 2. The molecular weight excluding hydrogens is 386 g/mol. The van der Waals surface area contributed by atoms with E-state index in [0.717, 1.165) is 16.7 Å². The summed E-state index contributed by atoms with van der Waals surface area (Å²) in [6.07, 6.45) is 4.98. The van der Waals surface area contributed by atoms with Gasteiger partial charge in [0.15, 0.2) is 5.78 Å². The van der Waals surface area contributed by atoms with Crippen molar-refractivity contribution >= 4 is 29.4 Å². The molecular formula is C24H24ClNO3. The highest BCUT2D eigenvalue weighted by Crippen LogP contribution is 2.40. The van der Waals surface area contributed by atoms with Gasteiger partial charge < -0.3 is 9.64 Å². The maximum absolute atomic E-state index is 12.7. The molecule has 1 spiro atoms. The highest BCUT2D eigenvalue weighted by molar-refractivity contribution is 6.32. The third-order valence-electron chi connectivity index (χ3n) is 6.00. The number of rotatable bonds is 2. The Balaban J connectivity index is 1.44. The first kappa shape index (κ1) is 19.7. The van der Waals surface area contributed by atoms with E-state index in [2.05, 4.69) is 0 Å². The van der Waals surface area contributed by atoms with Crippen LogP contribution >= 0.6 is 11.6 Å². The largest absolute Gasteiger partial charge is 0.486 e. The Kier molecular flexibility index (Phi) is 5.22. The van der Waals surface area contributed by atoms with Crippen molar-refractivity contribution < 1.29 is 14.3 Å². The molecule has 1 fully saturated rings. The maximum atomic E-state index is 12.7. The van der Waals surface area contributed by atoms with Crippen LogP contribution in [-0.4, -0.2) is 35.3 Å². The Morgan fingerprint density at radius 3 is 2.55 bits per heavy atom. The van der Waals surface area contributed by atoms with Gasteiger partial charge in [-0.15, -0.1) is 0 Å². The standard InChI is InChI=1S/C24H24ClNO3/c1-16-13-19-21(27)15-24(29-22(19)14-17(16)2)9-11-26(12-10-24)23(28)8-7-18-5-3-4-6-20(18)25/h3-8,13-14H,9-12,15H2,1-2H3/b8-7+. The number of benzene rings is 2. The number of amides is 1. The number of hydrogen-bond acceptors (Lipinski definition) is 3. The number of Topliss-reactive ketones (excluding diaryl/α,β-unsaturated/α-hetero) is 1. The fourth-order valence-electron chi connectivity index (χ4n) is 4.04. The number of fused-ring (bicyclic) bond motifs is 1. The Morgan fingerprint density at radius 1 is 1.14 bits per heavy atom. The van der Waals surface area contributed by atoms with Crippen LogP contribution in [0.25, 0.3) is 6.08 Å². The van der Waals surface area contributed by atoms with Gasteiger partial charge in [0, 0.05) is 37.0 Å². The number of ether oxygens (including phenoxy) is 1. The van der Waals surface area contributed by atoms with Crippen molar-refractivity contribution in [2.24, 2.45) is 0 Å². The summed E-state index contributed by atoms with van der Waals surface area (Å²) in [6, 6.07) is 11.3. The van der Waals surface area contributed by atoms with Gasteiger partial charge in [-0.25, -0.2) is 0 Å². The van der Waals surface area contributed by atoms with E-state index >= 15 is 0 Å². The van der Waals surface area contributed by atoms with Crippen LogP contribution in [0.1, 0.15) is 46.3 Å². The number of likely N-dealkylation sites (tertiary alicyclic amines) is 1. The molecule has 0 N–H and O–H groups in total. The van der Waals surface area contributed by atoms with Gasteiger partial charge in [-0.2, -0.15) is 0 Å². The monoisotopic (exact) mass is 409 g/mol. The minimum Gasteiger partial charge on any atom is -0.486 e. The van der Waals surface area contributed by atoms with Crippen molar-refractivity contribution in [2.75, 3.05) is 13.1 Å². The Labute approximate surface area is 176 Å². The molecule has 2 aliphatic heterocycles. The summed E-state index contributed by atoms with van der Waals surface area (Å²) < 4.78 is 6.35. The molecule has 0 saturated carbocycles. The van der Waals surface area contributed by atoms with Gasteiger partial charge in [0.25, 0.3) is 0 Å². The zero-order chi connectivity index (χ0) is 20.6. The average molecular weight is 410 g/mol. The molecule has 1 saturated heterocycles. The third-order valence-corrected chi connectivity index (χ3v) is 6.35. The van der Waals surface area contributed by atoms with Crippen molar-refractivity contribution in [3.8, 4) is 5.75 Å². The summed E-state index contributed by atoms with van der Waals surface area (Å²) in [7, 11) is 0. The fourth-order valence-corrected chi connectivity index (χ4v) is 4.24. The summed E-state index contributed by atoms with van der Waals surface area (Å²) in [5, 5.41) is 0.618. The molecule has 4 rings (SSSR count). The topological polar surface area (TPSA) is 46.6 Å². The van der Waals surface area contributed by atoms with Crippen molar-refractivity contribution in [1.29, 1.82) is 0 Å². The van der Waals surface area contributed by atoms with E-state index in [0.29, 0.717) is 48.7 Å². The fraction of sp³-hybridized carbons (Fsp3) is 0.333. The van der Waals surface area contributed by atoms with Crippen molar-refractivity contribution in [2.45, 2.75) is 38.7 Å². The third kappa shape index (κ3) is 3.95. The summed E-state index contributed by atoms with van der Waals surface area (Å²) in [6.45, 7) is 5.17. The molecule has 0 aliphatic carbocycles. The van der Waals surface area contributed by atoms with E-state index in [1.54, 1.807) is 18.2 Å². The summed E-state index contributed by atoms with van der Waals surface area (Å²) in [4.78, 5) is 27.1. The quantitative estimate of drug-likeness (QED) is 0.656. The average Bonchev–Trinajstić information content (AvgIpc) is 2.69. The van der Waals surface area contributed by atoms with Crippen LogP contribution in [0, 0.1) is 13.8 Å². The molecule has 0 radical (unpaired) electrons. The molecule has 2 aliphatic rings. The van der Waals surface area contributed by atoms with Gasteiger partial charge >= 0.3 is 0 Å². The first-order chi connectivity index (χ1) is 13.9. The summed E-state index contributed by atoms with van der Waals surface area (Å²) >= 11 is 6.14. The summed E-state index contributed by atoms with van der Waals surface area (Å²) in [5.41, 5.74) is 3.21. The van der Waals surface area contributed by atoms with Gasteiger partial charge in [-0.1, -0.05) is 29.8 Å².